The van der Waals surface area contributed by atoms with Gasteiger partial charge in [0.25, 0.3) is 11.6 Å². The van der Waals surface area contributed by atoms with Crippen molar-refractivity contribution in [3.63, 3.8) is 0 Å². The van der Waals surface area contributed by atoms with E-state index in [0.717, 1.165) is 18.1 Å². The molecule has 0 saturated heterocycles. The van der Waals surface area contributed by atoms with Gasteiger partial charge in [-0.05, 0) is 31.9 Å². The highest BCUT2D eigenvalue weighted by Crippen LogP contribution is 2.40. The summed E-state index contributed by atoms with van der Waals surface area (Å²) in [5.41, 5.74) is -1.21. The smallest absolute Gasteiger partial charge is 0.337 e. The van der Waals surface area contributed by atoms with E-state index in [1.807, 2.05) is 0 Å². The third-order valence-corrected chi connectivity index (χ3v) is 4.86. The molecule has 2 N–H and O–H groups in total. The standard InChI is InChI=1S/C14H12Br2FN3O6/c1-26-14(23)6-5-19(2-3-21)13(22)11(6)18-12-8(20(24)25)4-7(15)10(17)9(12)16/h4,18,21H,2-3,5H2,1H3. The van der Waals surface area contributed by atoms with Crippen LogP contribution in [-0.4, -0.2) is 53.6 Å². The maximum absolute atomic E-state index is 14.1. The van der Waals surface area contributed by atoms with Gasteiger partial charge in [0.1, 0.15) is 11.4 Å². The summed E-state index contributed by atoms with van der Waals surface area (Å²) in [6.45, 7) is -0.550. The van der Waals surface area contributed by atoms with Crippen LogP contribution < -0.4 is 5.32 Å². The number of methoxy groups -OCH3 is 1. The first-order valence-electron chi connectivity index (χ1n) is 7.03. The number of anilines is 1. The predicted molar refractivity (Wildman–Crippen MR) is 94.8 cm³/mol. The Morgan fingerprint density at radius 3 is 2.73 bits per heavy atom. The summed E-state index contributed by atoms with van der Waals surface area (Å²) in [5, 5.41) is 22.8. The van der Waals surface area contributed by atoms with E-state index < -0.39 is 28.3 Å². The molecule has 1 aliphatic rings. The van der Waals surface area contributed by atoms with Gasteiger partial charge in [-0.3, -0.25) is 14.9 Å². The highest BCUT2D eigenvalue weighted by Gasteiger charge is 2.36. The first kappa shape index (κ1) is 20.3. The molecule has 1 aromatic carbocycles. The van der Waals surface area contributed by atoms with Crippen molar-refractivity contribution in [2.24, 2.45) is 0 Å². The lowest BCUT2D eigenvalue weighted by Gasteiger charge is -2.15. The minimum atomic E-state index is -0.823. The van der Waals surface area contributed by atoms with E-state index in [1.165, 1.54) is 0 Å². The van der Waals surface area contributed by atoms with Gasteiger partial charge in [-0.25, -0.2) is 9.18 Å². The Labute approximate surface area is 163 Å². The lowest BCUT2D eigenvalue weighted by molar-refractivity contribution is -0.384. The molecule has 0 aliphatic carbocycles. The normalized spacial score (nSPS) is 14.0. The lowest BCUT2D eigenvalue weighted by atomic mass is 10.2. The number of hydrogen-bond acceptors (Lipinski definition) is 7. The molecule has 1 heterocycles. The Hall–Kier alpha value is -2.05. The summed E-state index contributed by atoms with van der Waals surface area (Å²) >= 11 is 5.80. The third-order valence-electron chi connectivity index (χ3n) is 3.54. The first-order chi connectivity index (χ1) is 12.2. The van der Waals surface area contributed by atoms with Crippen LogP contribution >= 0.6 is 31.9 Å². The van der Waals surface area contributed by atoms with E-state index in [0.29, 0.717) is 0 Å². The van der Waals surface area contributed by atoms with Crippen molar-refractivity contribution < 1.29 is 28.7 Å². The summed E-state index contributed by atoms with van der Waals surface area (Å²) in [6.07, 6.45) is 0. The Morgan fingerprint density at radius 2 is 2.19 bits per heavy atom. The molecule has 0 saturated carbocycles. The van der Waals surface area contributed by atoms with Crippen molar-refractivity contribution in [2.45, 2.75) is 0 Å². The molecule has 0 atom stereocenters. The fourth-order valence-electron chi connectivity index (χ4n) is 2.32. The Kier molecular flexibility index (Phi) is 6.31. The van der Waals surface area contributed by atoms with E-state index in [4.69, 9.17) is 5.11 Å². The van der Waals surface area contributed by atoms with Gasteiger partial charge in [-0.15, -0.1) is 0 Å². The van der Waals surface area contributed by atoms with Crippen LogP contribution in [0.2, 0.25) is 0 Å². The molecule has 1 aromatic rings. The van der Waals surface area contributed by atoms with Gasteiger partial charge < -0.3 is 20.1 Å². The SMILES string of the molecule is COC(=O)C1=C(Nc2c([N+](=O)[O-])cc(Br)c(F)c2Br)C(=O)N(CCO)C1. The second kappa shape index (κ2) is 8.10. The minimum Gasteiger partial charge on any atom is -0.466 e. The lowest BCUT2D eigenvalue weighted by Crippen LogP contribution is -2.31. The summed E-state index contributed by atoms with van der Waals surface area (Å²) in [7, 11) is 1.11. The largest absolute Gasteiger partial charge is 0.466 e. The van der Waals surface area contributed by atoms with Crippen molar-refractivity contribution in [1.29, 1.82) is 0 Å². The number of carbonyl (C=O) groups is 2. The van der Waals surface area contributed by atoms with E-state index in [1.54, 1.807) is 0 Å². The molecular formula is C14H12Br2FN3O6. The number of halogens is 3. The number of nitro groups is 1. The highest BCUT2D eigenvalue weighted by atomic mass is 79.9. The number of esters is 1. The van der Waals surface area contributed by atoms with Gasteiger partial charge in [0.05, 0.1) is 39.7 Å². The van der Waals surface area contributed by atoms with E-state index in [-0.39, 0.29) is 45.6 Å². The molecular weight excluding hydrogens is 485 g/mol. The van der Waals surface area contributed by atoms with Crippen LogP contribution in [0.4, 0.5) is 15.8 Å². The van der Waals surface area contributed by atoms with Crippen molar-refractivity contribution >= 4 is 55.1 Å². The van der Waals surface area contributed by atoms with Gasteiger partial charge in [0.2, 0.25) is 0 Å². The van der Waals surface area contributed by atoms with Crippen molar-refractivity contribution in [2.75, 3.05) is 32.1 Å². The number of nitrogens with one attached hydrogen (secondary N) is 1. The topological polar surface area (TPSA) is 122 Å². The molecule has 0 fully saturated rings. The second-order valence-electron chi connectivity index (χ2n) is 5.06. The number of ether oxygens (including phenoxy) is 1. The maximum atomic E-state index is 14.1. The zero-order valence-corrected chi connectivity index (χ0v) is 16.4. The number of hydrogen-bond donors (Lipinski definition) is 2. The zero-order valence-electron chi connectivity index (χ0n) is 13.2. The predicted octanol–water partition coefficient (Wildman–Crippen LogP) is 1.93. The quantitative estimate of drug-likeness (QED) is 0.267. The van der Waals surface area contributed by atoms with Crippen molar-refractivity contribution in [1.82, 2.24) is 4.90 Å². The van der Waals surface area contributed by atoms with Crippen LogP contribution in [0.15, 0.2) is 26.3 Å². The molecule has 26 heavy (non-hydrogen) atoms. The van der Waals surface area contributed by atoms with Crippen LogP contribution in [0.25, 0.3) is 0 Å². The number of nitrogens with zero attached hydrogens (tertiary/aromatic N) is 2. The monoisotopic (exact) mass is 495 g/mol. The Morgan fingerprint density at radius 1 is 1.54 bits per heavy atom. The summed E-state index contributed by atoms with van der Waals surface area (Å²) in [5.74, 6) is -2.32. The number of β-amino-alcohol motifs (C(OH)–C–C–N with tert-alkyl or cyclic N) is 1. The molecule has 0 aromatic heterocycles. The van der Waals surface area contributed by atoms with E-state index in [9.17, 15) is 24.1 Å². The maximum Gasteiger partial charge on any atom is 0.337 e. The molecule has 0 spiro atoms. The number of nitro benzene ring substituents is 1. The van der Waals surface area contributed by atoms with Gasteiger partial charge in [-0.1, -0.05) is 0 Å². The number of aliphatic hydroxyl groups is 1. The van der Waals surface area contributed by atoms with Crippen LogP contribution in [0.5, 0.6) is 0 Å². The molecule has 140 valence electrons. The fourth-order valence-corrected chi connectivity index (χ4v) is 3.52. The van der Waals surface area contributed by atoms with Crippen LogP contribution in [0.3, 0.4) is 0 Å². The molecule has 12 heteroatoms. The molecule has 0 bridgehead atoms. The molecule has 0 unspecified atom stereocenters. The van der Waals surface area contributed by atoms with Crippen molar-refractivity contribution in [3.05, 3.63) is 42.2 Å². The van der Waals surface area contributed by atoms with Gasteiger partial charge in [0, 0.05) is 12.6 Å². The molecule has 1 amide bonds. The molecule has 2 rings (SSSR count). The first-order valence-corrected chi connectivity index (χ1v) is 8.62. The minimum absolute atomic E-state index is 0.0531. The van der Waals surface area contributed by atoms with E-state index >= 15 is 0 Å². The number of amides is 1. The summed E-state index contributed by atoms with van der Waals surface area (Å²) in [4.78, 5) is 36.1. The number of aliphatic hydroxyl groups excluding tert-OH is 1. The molecule has 1 aliphatic heterocycles. The van der Waals surface area contributed by atoms with Crippen molar-refractivity contribution in [3.8, 4) is 0 Å². The summed E-state index contributed by atoms with van der Waals surface area (Å²) in [6, 6.07) is 0.936. The number of rotatable bonds is 6. The highest BCUT2D eigenvalue weighted by molar-refractivity contribution is 9.11. The van der Waals surface area contributed by atoms with Crippen LogP contribution in [-0.2, 0) is 14.3 Å². The molecule has 0 radical (unpaired) electrons. The summed E-state index contributed by atoms with van der Waals surface area (Å²) < 4.78 is 18.3. The second-order valence-corrected chi connectivity index (χ2v) is 6.71. The van der Waals surface area contributed by atoms with Crippen LogP contribution in [0.1, 0.15) is 0 Å². The van der Waals surface area contributed by atoms with Crippen LogP contribution in [0, 0.1) is 15.9 Å². The third kappa shape index (κ3) is 3.71. The Balaban J connectivity index is 2.57. The number of benzene rings is 1. The average Bonchev–Trinajstić information content (AvgIpc) is 2.90. The Bertz CT molecular complexity index is 829. The fraction of sp³-hybridized carbons (Fsp3) is 0.286. The molecule has 9 nitrogen and oxygen atoms in total. The van der Waals surface area contributed by atoms with E-state index in [2.05, 4.69) is 41.9 Å². The van der Waals surface area contributed by atoms with Gasteiger partial charge >= 0.3 is 5.97 Å². The van der Waals surface area contributed by atoms with Gasteiger partial charge in [-0.2, -0.15) is 0 Å². The number of carbonyl (C=O) groups excluding carboxylic acids is 2. The average molecular weight is 497 g/mol. The van der Waals surface area contributed by atoms with Gasteiger partial charge in [0.15, 0.2) is 5.82 Å². The zero-order chi connectivity index (χ0) is 19.6.